The van der Waals surface area contributed by atoms with Crippen molar-refractivity contribution in [3.05, 3.63) is 22.8 Å². The van der Waals surface area contributed by atoms with E-state index in [0.717, 1.165) is 19.3 Å². The summed E-state index contributed by atoms with van der Waals surface area (Å²) in [6.45, 7) is 10.9. The molecule has 2 rings (SSSR count). The number of hydrogen-bond acceptors (Lipinski definition) is 4. The van der Waals surface area contributed by atoms with Crippen LogP contribution in [-0.2, 0) is 19.1 Å². The van der Waals surface area contributed by atoms with Crippen LogP contribution < -0.4 is 0 Å². The molecule has 0 bridgehead atoms. The minimum atomic E-state index is -0.435. The van der Waals surface area contributed by atoms with E-state index in [9.17, 15) is 9.59 Å². The van der Waals surface area contributed by atoms with Crippen LogP contribution in [-0.4, -0.2) is 26.2 Å². The van der Waals surface area contributed by atoms with E-state index < -0.39 is 17.4 Å². The van der Waals surface area contributed by atoms with Crippen LogP contribution in [0, 0.1) is 10.8 Å². The fraction of sp³-hybridized carbons (Fsp3) is 0.727. The molecule has 2 aliphatic rings. The lowest BCUT2D eigenvalue weighted by Crippen LogP contribution is -2.41. The topological polar surface area (TPSA) is 52.6 Å². The molecule has 0 aliphatic heterocycles. The number of methoxy groups -OCH3 is 2. The standard InChI is InChI=1S/C17H24O4.C5H12/c1-16(2)9-6-10-17(3)12(16)8-7-11(14(18)20-4)13(17)15(19)21-5;1-3-5-4-2/h8H,6-7,9-10H2,1-5H3;3-5H2,1-2H3/t17-;/m0./s1. The van der Waals surface area contributed by atoms with Crippen molar-refractivity contribution in [2.75, 3.05) is 14.2 Å². The third-order valence-corrected chi connectivity index (χ3v) is 5.69. The van der Waals surface area contributed by atoms with Crippen molar-refractivity contribution >= 4 is 11.9 Å². The molecule has 0 aromatic heterocycles. The van der Waals surface area contributed by atoms with Gasteiger partial charge in [-0.05, 0) is 24.7 Å². The molecule has 0 saturated heterocycles. The van der Waals surface area contributed by atoms with Crippen LogP contribution in [0.2, 0.25) is 0 Å². The van der Waals surface area contributed by atoms with Crippen LogP contribution in [0.15, 0.2) is 22.8 Å². The molecule has 0 heterocycles. The largest absolute Gasteiger partial charge is 0.466 e. The van der Waals surface area contributed by atoms with Crippen molar-refractivity contribution < 1.29 is 19.1 Å². The Morgan fingerprint density at radius 1 is 1.00 bits per heavy atom. The summed E-state index contributed by atoms with van der Waals surface area (Å²) >= 11 is 0. The maximum Gasteiger partial charge on any atom is 0.335 e. The number of esters is 2. The van der Waals surface area contributed by atoms with Crippen LogP contribution >= 0.6 is 0 Å². The number of rotatable bonds is 4. The molecule has 0 spiro atoms. The Balaban J connectivity index is 0.000000597. The van der Waals surface area contributed by atoms with Gasteiger partial charge in [-0.3, -0.25) is 0 Å². The Bertz CT molecular complexity index is 581. The normalized spacial score (nSPS) is 23.9. The lowest BCUT2D eigenvalue weighted by molar-refractivity contribution is -0.140. The predicted octanol–water partition coefficient (Wildman–Crippen LogP) is 5.37. The Kier molecular flexibility index (Phi) is 8.11. The van der Waals surface area contributed by atoms with Crippen molar-refractivity contribution in [3.8, 4) is 0 Å². The van der Waals surface area contributed by atoms with Gasteiger partial charge in [-0.1, -0.05) is 72.0 Å². The number of carbonyl (C=O) groups is 2. The fourth-order valence-corrected chi connectivity index (χ4v) is 4.41. The molecule has 0 aromatic rings. The maximum atomic E-state index is 12.4. The van der Waals surface area contributed by atoms with Gasteiger partial charge in [0.2, 0.25) is 0 Å². The van der Waals surface area contributed by atoms with E-state index in [1.54, 1.807) is 0 Å². The van der Waals surface area contributed by atoms with E-state index in [4.69, 9.17) is 9.47 Å². The van der Waals surface area contributed by atoms with Gasteiger partial charge in [0.1, 0.15) is 0 Å². The molecule has 26 heavy (non-hydrogen) atoms. The summed E-state index contributed by atoms with van der Waals surface area (Å²) in [4.78, 5) is 24.4. The van der Waals surface area contributed by atoms with Gasteiger partial charge in [0.15, 0.2) is 0 Å². The fourth-order valence-electron chi connectivity index (χ4n) is 4.41. The molecule has 1 atom stereocenters. The second-order valence-corrected chi connectivity index (χ2v) is 8.08. The SMILES string of the molecule is CCCCC.COC(=O)C1=C(C(=O)OC)[C@@]2(C)CCCC(C)(C)C2=CC1. The molecule has 4 nitrogen and oxygen atoms in total. The zero-order valence-electron chi connectivity index (χ0n) is 17.7. The highest BCUT2D eigenvalue weighted by molar-refractivity contribution is 6.02. The van der Waals surface area contributed by atoms with Crippen molar-refractivity contribution in [2.24, 2.45) is 10.8 Å². The van der Waals surface area contributed by atoms with Crippen LogP contribution in [0.3, 0.4) is 0 Å². The lowest BCUT2D eigenvalue weighted by Gasteiger charge is -2.48. The molecule has 2 aliphatic carbocycles. The molecule has 0 aromatic carbocycles. The lowest BCUT2D eigenvalue weighted by atomic mass is 9.55. The van der Waals surface area contributed by atoms with Crippen molar-refractivity contribution in [1.29, 1.82) is 0 Å². The number of ether oxygens (including phenoxy) is 2. The summed E-state index contributed by atoms with van der Waals surface area (Å²) in [5.74, 6) is -0.850. The number of carbonyl (C=O) groups excluding carboxylic acids is 2. The van der Waals surface area contributed by atoms with Crippen molar-refractivity contribution in [3.63, 3.8) is 0 Å². The van der Waals surface area contributed by atoms with Crippen LogP contribution in [0.4, 0.5) is 0 Å². The smallest absolute Gasteiger partial charge is 0.335 e. The minimum Gasteiger partial charge on any atom is -0.466 e. The van der Waals surface area contributed by atoms with Gasteiger partial charge >= 0.3 is 11.9 Å². The van der Waals surface area contributed by atoms with Crippen LogP contribution in [0.5, 0.6) is 0 Å². The van der Waals surface area contributed by atoms with Gasteiger partial charge in [0, 0.05) is 5.41 Å². The highest BCUT2D eigenvalue weighted by Gasteiger charge is 2.49. The average Bonchev–Trinajstić information content (AvgIpc) is 2.60. The summed E-state index contributed by atoms with van der Waals surface area (Å²) < 4.78 is 9.82. The van der Waals surface area contributed by atoms with E-state index in [-0.39, 0.29) is 5.41 Å². The van der Waals surface area contributed by atoms with Crippen molar-refractivity contribution in [1.82, 2.24) is 0 Å². The number of allylic oxidation sites excluding steroid dienone is 2. The molecule has 148 valence electrons. The molecule has 4 heteroatoms. The van der Waals surface area contributed by atoms with E-state index in [1.807, 2.05) is 6.92 Å². The summed E-state index contributed by atoms with van der Waals surface area (Å²) in [5.41, 5.74) is 1.77. The second-order valence-electron chi connectivity index (χ2n) is 8.08. The molecule has 1 fully saturated rings. The first-order valence-corrected chi connectivity index (χ1v) is 9.80. The zero-order valence-corrected chi connectivity index (χ0v) is 17.7. The highest BCUT2D eigenvalue weighted by atomic mass is 16.5. The van der Waals surface area contributed by atoms with E-state index in [1.165, 1.54) is 39.1 Å². The van der Waals surface area contributed by atoms with Gasteiger partial charge in [-0.15, -0.1) is 0 Å². The summed E-state index contributed by atoms with van der Waals surface area (Å²) in [6.07, 6.45) is 9.59. The summed E-state index contributed by atoms with van der Waals surface area (Å²) in [6, 6.07) is 0. The first kappa shape index (κ1) is 22.5. The Morgan fingerprint density at radius 3 is 2.04 bits per heavy atom. The first-order chi connectivity index (χ1) is 12.2. The Labute approximate surface area is 159 Å². The Morgan fingerprint density at radius 2 is 1.58 bits per heavy atom. The molecule has 0 radical (unpaired) electrons. The minimum absolute atomic E-state index is 0.0356. The molecular formula is C22H36O4. The van der Waals surface area contributed by atoms with Crippen LogP contribution in [0.25, 0.3) is 0 Å². The van der Waals surface area contributed by atoms with E-state index >= 15 is 0 Å². The molecule has 0 N–H and O–H groups in total. The average molecular weight is 365 g/mol. The maximum absolute atomic E-state index is 12.4. The van der Waals surface area contributed by atoms with Crippen molar-refractivity contribution in [2.45, 2.75) is 79.6 Å². The molecular weight excluding hydrogens is 328 g/mol. The monoisotopic (exact) mass is 364 g/mol. The quantitative estimate of drug-likeness (QED) is 0.497. The first-order valence-electron chi connectivity index (χ1n) is 9.80. The number of fused-ring (bicyclic) bond motifs is 1. The van der Waals surface area contributed by atoms with Gasteiger partial charge < -0.3 is 9.47 Å². The summed E-state index contributed by atoms with van der Waals surface area (Å²) in [7, 11) is 2.70. The molecule has 0 amide bonds. The zero-order chi connectivity index (χ0) is 20.0. The molecule has 1 saturated carbocycles. The van der Waals surface area contributed by atoms with E-state index in [0.29, 0.717) is 17.6 Å². The van der Waals surface area contributed by atoms with Gasteiger partial charge in [-0.2, -0.15) is 0 Å². The Hall–Kier alpha value is -1.58. The third-order valence-electron chi connectivity index (χ3n) is 5.69. The highest BCUT2D eigenvalue weighted by Crippen LogP contribution is 2.57. The van der Waals surface area contributed by atoms with Gasteiger partial charge in [0.05, 0.1) is 25.4 Å². The number of hydrogen-bond donors (Lipinski definition) is 0. The molecule has 0 unspecified atom stereocenters. The van der Waals surface area contributed by atoms with Crippen LogP contribution in [0.1, 0.15) is 79.6 Å². The summed E-state index contributed by atoms with van der Waals surface area (Å²) in [5, 5.41) is 0. The number of unbranched alkanes of at least 4 members (excludes halogenated alkanes) is 2. The van der Waals surface area contributed by atoms with Gasteiger partial charge in [-0.25, -0.2) is 9.59 Å². The van der Waals surface area contributed by atoms with Gasteiger partial charge in [0.25, 0.3) is 0 Å². The van der Waals surface area contributed by atoms with E-state index in [2.05, 4.69) is 33.8 Å². The third kappa shape index (κ3) is 4.57. The second kappa shape index (κ2) is 9.38. The predicted molar refractivity (Wildman–Crippen MR) is 105 cm³/mol.